The van der Waals surface area contributed by atoms with E-state index >= 15 is 0 Å². The molecular formula is C16H32O3SSi. The van der Waals surface area contributed by atoms with Crippen molar-refractivity contribution in [2.75, 3.05) is 27.1 Å². The van der Waals surface area contributed by atoms with Crippen molar-refractivity contribution >= 4 is 20.6 Å². The number of hydrogen-bond donors (Lipinski definition) is 0. The summed E-state index contributed by atoms with van der Waals surface area (Å²) < 4.78 is 16.9. The van der Waals surface area contributed by atoms with Crippen molar-refractivity contribution in [3.63, 3.8) is 0 Å². The van der Waals surface area contributed by atoms with Crippen LogP contribution in [0.1, 0.15) is 52.9 Å². The lowest BCUT2D eigenvalue weighted by Crippen LogP contribution is -2.42. The van der Waals surface area contributed by atoms with E-state index in [0.29, 0.717) is 4.75 Å². The fraction of sp³-hybridized carbons (Fsp3) is 0.875. The van der Waals surface area contributed by atoms with Crippen LogP contribution in [0.15, 0.2) is 11.1 Å². The standard InChI is InChI=1S/C16H32O3SSi/c1-14(2)15-8-10-16(3,11-9-15)20-12-7-13-21(17-4,18-5)19-6/h7-13H2,1-6H3. The predicted molar refractivity (Wildman–Crippen MR) is 93.9 cm³/mol. The van der Waals surface area contributed by atoms with Gasteiger partial charge in [-0.15, -0.1) is 0 Å². The quantitative estimate of drug-likeness (QED) is 0.367. The predicted octanol–water partition coefficient (Wildman–Crippen LogP) is 4.66. The van der Waals surface area contributed by atoms with Crippen molar-refractivity contribution in [2.45, 2.75) is 63.7 Å². The van der Waals surface area contributed by atoms with Crippen LogP contribution in [-0.2, 0) is 13.3 Å². The van der Waals surface area contributed by atoms with Gasteiger partial charge in [-0.1, -0.05) is 18.1 Å². The summed E-state index contributed by atoms with van der Waals surface area (Å²) >= 11 is 2.12. The average molecular weight is 333 g/mol. The van der Waals surface area contributed by atoms with Gasteiger partial charge in [-0.2, -0.15) is 11.8 Å². The van der Waals surface area contributed by atoms with Crippen molar-refractivity contribution in [1.29, 1.82) is 0 Å². The van der Waals surface area contributed by atoms with Gasteiger partial charge in [0.05, 0.1) is 0 Å². The highest BCUT2D eigenvalue weighted by atomic mass is 32.2. The third-order valence-electron chi connectivity index (χ3n) is 4.63. The smallest absolute Gasteiger partial charge is 0.377 e. The fourth-order valence-corrected chi connectivity index (χ4v) is 6.14. The van der Waals surface area contributed by atoms with E-state index in [1.54, 1.807) is 26.9 Å². The molecule has 0 amide bonds. The maximum Gasteiger partial charge on any atom is 0.500 e. The van der Waals surface area contributed by atoms with Gasteiger partial charge in [0, 0.05) is 32.1 Å². The number of hydrogen-bond acceptors (Lipinski definition) is 4. The molecule has 0 N–H and O–H groups in total. The van der Waals surface area contributed by atoms with Crippen molar-refractivity contribution in [3.05, 3.63) is 11.1 Å². The Labute approximate surface area is 136 Å². The molecule has 0 aliphatic heterocycles. The minimum atomic E-state index is -2.38. The summed E-state index contributed by atoms with van der Waals surface area (Å²) in [6, 6.07) is 0.902. The van der Waals surface area contributed by atoms with E-state index in [1.807, 2.05) is 0 Å². The Morgan fingerprint density at radius 3 is 2.05 bits per heavy atom. The van der Waals surface area contributed by atoms with Crippen LogP contribution in [0.4, 0.5) is 0 Å². The van der Waals surface area contributed by atoms with E-state index in [1.165, 1.54) is 31.3 Å². The molecule has 21 heavy (non-hydrogen) atoms. The summed E-state index contributed by atoms with van der Waals surface area (Å²) in [4.78, 5) is 0. The normalized spacial score (nSPS) is 23.4. The number of allylic oxidation sites excluding steroid dienone is 2. The monoisotopic (exact) mass is 332 g/mol. The molecule has 0 unspecified atom stereocenters. The van der Waals surface area contributed by atoms with Crippen molar-refractivity contribution in [1.82, 2.24) is 0 Å². The third kappa shape index (κ3) is 5.71. The van der Waals surface area contributed by atoms with Crippen LogP contribution in [0.3, 0.4) is 0 Å². The molecule has 0 heterocycles. The molecule has 1 aliphatic carbocycles. The van der Waals surface area contributed by atoms with E-state index in [0.717, 1.165) is 18.2 Å². The largest absolute Gasteiger partial charge is 0.500 e. The summed E-state index contributed by atoms with van der Waals surface area (Å²) in [5, 5.41) is 0. The Morgan fingerprint density at radius 1 is 1.10 bits per heavy atom. The molecule has 1 fully saturated rings. The van der Waals surface area contributed by atoms with Gasteiger partial charge in [-0.3, -0.25) is 0 Å². The average Bonchev–Trinajstić information content (AvgIpc) is 2.49. The minimum Gasteiger partial charge on any atom is -0.377 e. The van der Waals surface area contributed by atoms with Crippen LogP contribution in [0, 0.1) is 0 Å². The molecule has 5 heteroatoms. The Morgan fingerprint density at radius 2 is 1.62 bits per heavy atom. The van der Waals surface area contributed by atoms with Gasteiger partial charge in [0.2, 0.25) is 0 Å². The first kappa shape index (κ1) is 19.2. The molecule has 1 rings (SSSR count). The minimum absolute atomic E-state index is 0.441. The van der Waals surface area contributed by atoms with E-state index in [9.17, 15) is 0 Å². The number of rotatable bonds is 8. The highest BCUT2D eigenvalue weighted by Crippen LogP contribution is 2.42. The highest BCUT2D eigenvalue weighted by molar-refractivity contribution is 8.00. The van der Waals surface area contributed by atoms with Crippen LogP contribution in [-0.4, -0.2) is 40.6 Å². The Hall–Kier alpha value is 0.187. The highest BCUT2D eigenvalue weighted by Gasteiger charge is 2.37. The van der Waals surface area contributed by atoms with Gasteiger partial charge in [0.25, 0.3) is 0 Å². The molecule has 124 valence electrons. The molecule has 0 aromatic rings. The fourth-order valence-electron chi connectivity index (χ4n) is 2.89. The van der Waals surface area contributed by atoms with E-state index in [2.05, 4.69) is 32.5 Å². The molecule has 3 nitrogen and oxygen atoms in total. The molecule has 0 aromatic carbocycles. The van der Waals surface area contributed by atoms with Gasteiger partial charge in [-0.05, 0) is 51.7 Å². The lowest BCUT2D eigenvalue weighted by Gasteiger charge is -2.35. The van der Waals surface area contributed by atoms with Crippen LogP contribution in [0.2, 0.25) is 6.04 Å². The second kappa shape index (κ2) is 8.72. The second-order valence-corrected chi connectivity index (χ2v) is 11.1. The summed E-state index contributed by atoms with van der Waals surface area (Å²) in [6.07, 6.45) is 6.26. The molecule has 0 spiro atoms. The summed E-state index contributed by atoms with van der Waals surface area (Å²) in [6.45, 7) is 6.91. The van der Waals surface area contributed by atoms with Crippen LogP contribution in [0.5, 0.6) is 0 Å². The lowest BCUT2D eigenvalue weighted by atomic mass is 9.84. The maximum absolute atomic E-state index is 5.47. The van der Waals surface area contributed by atoms with Gasteiger partial charge in [-0.25, -0.2) is 0 Å². The SMILES string of the molecule is CO[Si](CCCSC1(C)CCC(=C(C)C)CC1)(OC)OC. The molecule has 1 aliphatic rings. The van der Waals surface area contributed by atoms with E-state index < -0.39 is 8.80 Å². The Kier molecular flexibility index (Phi) is 7.99. The van der Waals surface area contributed by atoms with Gasteiger partial charge in [0.1, 0.15) is 0 Å². The maximum atomic E-state index is 5.47. The van der Waals surface area contributed by atoms with Crippen molar-refractivity contribution in [3.8, 4) is 0 Å². The summed E-state index contributed by atoms with van der Waals surface area (Å²) in [5.74, 6) is 1.16. The first-order valence-electron chi connectivity index (χ1n) is 7.85. The third-order valence-corrected chi connectivity index (χ3v) is 9.06. The van der Waals surface area contributed by atoms with Crippen LogP contribution in [0.25, 0.3) is 0 Å². The van der Waals surface area contributed by atoms with E-state index in [-0.39, 0.29) is 0 Å². The van der Waals surface area contributed by atoms with Crippen molar-refractivity contribution < 1.29 is 13.3 Å². The first-order valence-corrected chi connectivity index (χ1v) is 10.8. The van der Waals surface area contributed by atoms with Gasteiger partial charge >= 0.3 is 8.80 Å². The number of thioether (sulfide) groups is 1. The zero-order chi connectivity index (χ0) is 15.9. The molecule has 0 saturated heterocycles. The van der Waals surface area contributed by atoms with Crippen molar-refractivity contribution in [2.24, 2.45) is 0 Å². The summed E-state index contributed by atoms with van der Waals surface area (Å²) in [7, 11) is 2.70. The topological polar surface area (TPSA) is 27.7 Å². The molecule has 0 radical (unpaired) electrons. The van der Waals surface area contributed by atoms with Gasteiger partial charge in [0.15, 0.2) is 0 Å². The molecular weight excluding hydrogens is 300 g/mol. The molecule has 0 bridgehead atoms. The first-order chi connectivity index (χ1) is 9.90. The molecule has 0 aromatic heterocycles. The molecule has 1 saturated carbocycles. The lowest BCUT2D eigenvalue weighted by molar-refractivity contribution is 0.123. The van der Waals surface area contributed by atoms with Gasteiger partial charge < -0.3 is 13.3 Å². The zero-order valence-electron chi connectivity index (χ0n) is 14.6. The van der Waals surface area contributed by atoms with Crippen LogP contribution < -0.4 is 0 Å². The Bertz CT molecular complexity index is 331. The van der Waals surface area contributed by atoms with E-state index in [4.69, 9.17) is 13.3 Å². The van der Waals surface area contributed by atoms with Crippen LogP contribution >= 0.6 is 11.8 Å². The zero-order valence-corrected chi connectivity index (χ0v) is 16.4. The Balaban J connectivity index is 2.34. The summed E-state index contributed by atoms with van der Waals surface area (Å²) in [5.41, 5.74) is 3.20. The molecule has 0 atom stereocenters. The second-order valence-electron chi connectivity index (χ2n) is 6.30.